The summed E-state index contributed by atoms with van der Waals surface area (Å²) in [5, 5.41) is 15.0. The van der Waals surface area contributed by atoms with Crippen molar-refractivity contribution in [1.29, 1.82) is 5.26 Å². The zero-order valence-electron chi connectivity index (χ0n) is 15.0. The highest BCUT2D eigenvalue weighted by Gasteiger charge is 2.26. The minimum Gasteiger partial charge on any atom is -0.354 e. The van der Waals surface area contributed by atoms with E-state index in [4.69, 9.17) is 5.26 Å². The van der Waals surface area contributed by atoms with Crippen LogP contribution in [0.2, 0.25) is 0 Å². The number of hydrogen-bond donors (Lipinski definition) is 2. The van der Waals surface area contributed by atoms with Gasteiger partial charge in [-0.25, -0.2) is 8.42 Å². The number of nitrogens with one attached hydrogen (secondary N) is 2. The van der Waals surface area contributed by atoms with Crippen LogP contribution in [0.1, 0.15) is 12.0 Å². The van der Waals surface area contributed by atoms with E-state index in [0.717, 1.165) is 27.7 Å². The lowest BCUT2D eigenvalue weighted by molar-refractivity contribution is -0.122. The maximum atomic E-state index is 12.6. The van der Waals surface area contributed by atoms with Crippen LogP contribution in [0.5, 0.6) is 0 Å². The molecule has 0 radical (unpaired) electrons. The monoisotopic (exact) mass is 413 g/mol. The third-order valence-corrected chi connectivity index (χ3v) is 7.03. The second kappa shape index (κ2) is 8.97. The fourth-order valence-corrected chi connectivity index (χ4v) is 5.02. The molecule has 0 saturated heterocycles. The summed E-state index contributed by atoms with van der Waals surface area (Å²) in [4.78, 5) is 12.6. The van der Waals surface area contributed by atoms with E-state index in [9.17, 15) is 13.2 Å². The Balaban J connectivity index is 1.84. The number of thiophene rings is 1. The van der Waals surface area contributed by atoms with E-state index in [1.54, 1.807) is 11.4 Å². The molecule has 0 saturated carbocycles. The van der Waals surface area contributed by atoms with Crippen LogP contribution in [-0.4, -0.2) is 26.9 Å². The van der Waals surface area contributed by atoms with Gasteiger partial charge in [-0.3, -0.25) is 4.79 Å². The fraction of sp³-hybridized carbons (Fsp3) is 0.200. The topological polar surface area (TPSA) is 99.1 Å². The Morgan fingerprint density at radius 1 is 1.11 bits per heavy atom. The Kier molecular flexibility index (Phi) is 6.41. The average Bonchev–Trinajstić information content (AvgIpc) is 3.23. The highest BCUT2D eigenvalue weighted by Crippen LogP contribution is 2.19. The largest absolute Gasteiger partial charge is 0.354 e. The van der Waals surface area contributed by atoms with Crippen LogP contribution in [0.4, 0.5) is 0 Å². The van der Waals surface area contributed by atoms with Crippen molar-refractivity contribution in [2.24, 2.45) is 0 Å². The molecule has 3 rings (SSSR count). The van der Waals surface area contributed by atoms with Gasteiger partial charge in [0, 0.05) is 6.54 Å². The Morgan fingerprint density at radius 3 is 2.61 bits per heavy atom. The lowest BCUT2D eigenvalue weighted by Crippen LogP contribution is -2.48. The van der Waals surface area contributed by atoms with Gasteiger partial charge in [0.2, 0.25) is 5.91 Å². The second-order valence-electron chi connectivity index (χ2n) is 6.19. The third kappa shape index (κ3) is 4.95. The van der Waals surface area contributed by atoms with E-state index in [-0.39, 0.29) is 23.6 Å². The molecule has 0 fully saturated rings. The lowest BCUT2D eigenvalue weighted by Gasteiger charge is -2.18. The molecule has 2 N–H and O–H groups in total. The summed E-state index contributed by atoms with van der Waals surface area (Å²) in [6.07, 6.45) is 0.361. The summed E-state index contributed by atoms with van der Waals surface area (Å²) in [5.41, 5.74) is 0.841. The molecule has 1 amide bonds. The molecular weight excluding hydrogens is 394 g/mol. The molecule has 3 aromatic rings. The molecule has 2 aromatic carbocycles. The van der Waals surface area contributed by atoms with Crippen LogP contribution >= 0.6 is 11.3 Å². The first-order chi connectivity index (χ1) is 13.5. The van der Waals surface area contributed by atoms with Crippen LogP contribution in [0.15, 0.2) is 64.2 Å². The highest BCUT2D eigenvalue weighted by atomic mass is 32.2. The average molecular weight is 414 g/mol. The molecule has 28 heavy (non-hydrogen) atoms. The van der Waals surface area contributed by atoms with Crippen molar-refractivity contribution in [2.45, 2.75) is 23.1 Å². The number of sulfonamides is 1. The van der Waals surface area contributed by atoms with Crippen molar-refractivity contribution in [3.8, 4) is 6.07 Å². The quantitative estimate of drug-likeness (QED) is 0.555. The Hall–Kier alpha value is -2.73. The summed E-state index contributed by atoms with van der Waals surface area (Å²) in [6.45, 7) is 0.171. The predicted octanol–water partition coefficient (Wildman–Crippen LogP) is 2.82. The summed E-state index contributed by atoms with van der Waals surface area (Å²) >= 11 is 1.09. The molecule has 1 unspecified atom stereocenters. The Bertz CT molecular complexity index is 1100. The lowest BCUT2D eigenvalue weighted by atomic mass is 10.0. The molecule has 1 atom stereocenters. The van der Waals surface area contributed by atoms with Crippen molar-refractivity contribution >= 4 is 38.0 Å². The third-order valence-electron chi connectivity index (χ3n) is 4.16. The molecule has 0 bridgehead atoms. The smallest absolute Gasteiger partial charge is 0.250 e. The van der Waals surface area contributed by atoms with Crippen LogP contribution in [0.25, 0.3) is 10.8 Å². The molecule has 0 aliphatic carbocycles. The number of hydrogen-bond acceptors (Lipinski definition) is 5. The van der Waals surface area contributed by atoms with Gasteiger partial charge >= 0.3 is 0 Å². The van der Waals surface area contributed by atoms with Crippen molar-refractivity contribution < 1.29 is 13.2 Å². The van der Waals surface area contributed by atoms with Crippen molar-refractivity contribution in [2.75, 3.05) is 6.54 Å². The molecule has 8 heteroatoms. The maximum absolute atomic E-state index is 12.6. The van der Waals surface area contributed by atoms with Crippen LogP contribution in [0, 0.1) is 11.3 Å². The van der Waals surface area contributed by atoms with E-state index in [1.807, 2.05) is 48.5 Å². The number of rotatable bonds is 8. The normalized spacial score (nSPS) is 12.4. The number of nitriles is 1. The van der Waals surface area contributed by atoms with Gasteiger partial charge < -0.3 is 5.32 Å². The number of carbonyl (C=O) groups is 1. The van der Waals surface area contributed by atoms with E-state index in [0.29, 0.717) is 0 Å². The molecule has 144 valence electrons. The van der Waals surface area contributed by atoms with E-state index in [2.05, 4.69) is 10.0 Å². The van der Waals surface area contributed by atoms with E-state index < -0.39 is 22.0 Å². The summed E-state index contributed by atoms with van der Waals surface area (Å²) in [7, 11) is -3.81. The van der Waals surface area contributed by atoms with Gasteiger partial charge in [0.15, 0.2) is 0 Å². The molecule has 0 spiro atoms. The van der Waals surface area contributed by atoms with Gasteiger partial charge in [-0.15, -0.1) is 11.3 Å². The number of fused-ring (bicyclic) bond motifs is 1. The van der Waals surface area contributed by atoms with Crippen LogP contribution in [-0.2, 0) is 21.2 Å². The van der Waals surface area contributed by atoms with Gasteiger partial charge in [0.1, 0.15) is 10.3 Å². The van der Waals surface area contributed by atoms with Gasteiger partial charge in [-0.1, -0.05) is 48.5 Å². The molecule has 1 aromatic heterocycles. The zero-order chi connectivity index (χ0) is 20.0. The second-order valence-corrected chi connectivity index (χ2v) is 9.08. The molecule has 0 aliphatic heterocycles. The Morgan fingerprint density at radius 2 is 1.89 bits per heavy atom. The van der Waals surface area contributed by atoms with Crippen molar-refractivity contribution in [3.05, 3.63) is 65.5 Å². The summed E-state index contributed by atoms with van der Waals surface area (Å²) < 4.78 is 27.9. The number of amides is 1. The minimum absolute atomic E-state index is 0.154. The SMILES string of the molecule is N#CCCNC(=O)C(Cc1ccc2ccccc2c1)NS(=O)(=O)c1cccs1. The number of benzene rings is 2. The maximum Gasteiger partial charge on any atom is 0.250 e. The van der Waals surface area contributed by atoms with Crippen LogP contribution < -0.4 is 10.0 Å². The highest BCUT2D eigenvalue weighted by molar-refractivity contribution is 7.91. The van der Waals surface area contributed by atoms with Crippen molar-refractivity contribution in [3.63, 3.8) is 0 Å². The number of nitrogens with zero attached hydrogens (tertiary/aromatic N) is 1. The van der Waals surface area contributed by atoms with Gasteiger partial charge in [0.25, 0.3) is 10.0 Å². The Labute approximate surface area is 167 Å². The van der Waals surface area contributed by atoms with Crippen molar-refractivity contribution in [1.82, 2.24) is 10.0 Å². The first-order valence-corrected chi connectivity index (χ1v) is 11.0. The predicted molar refractivity (Wildman–Crippen MR) is 109 cm³/mol. The standard InChI is InChI=1S/C20H19N3O3S2/c21-10-4-11-22-20(24)18(23-28(25,26)19-7-3-12-27-19)14-15-8-9-16-5-1-2-6-17(16)13-15/h1-3,5-9,12-13,18,23H,4,11,14H2,(H,22,24). The van der Waals surface area contributed by atoms with Crippen LogP contribution in [0.3, 0.4) is 0 Å². The molecule has 1 heterocycles. The molecular formula is C20H19N3O3S2. The van der Waals surface area contributed by atoms with E-state index >= 15 is 0 Å². The number of carbonyl (C=O) groups excluding carboxylic acids is 1. The van der Waals surface area contributed by atoms with E-state index in [1.165, 1.54) is 6.07 Å². The first-order valence-electron chi connectivity index (χ1n) is 8.68. The first kappa shape index (κ1) is 20.0. The van der Waals surface area contributed by atoms with Gasteiger partial charge in [-0.05, 0) is 34.2 Å². The van der Waals surface area contributed by atoms with Gasteiger partial charge in [-0.2, -0.15) is 9.98 Å². The molecule has 6 nitrogen and oxygen atoms in total. The van der Waals surface area contributed by atoms with Gasteiger partial charge in [0.05, 0.1) is 12.5 Å². The molecule has 0 aliphatic rings. The minimum atomic E-state index is -3.81. The summed E-state index contributed by atoms with van der Waals surface area (Å²) in [5.74, 6) is -0.455. The fourth-order valence-electron chi connectivity index (χ4n) is 2.82. The summed E-state index contributed by atoms with van der Waals surface area (Å²) in [6, 6.07) is 17.7. The zero-order valence-corrected chi connectivity index (χ0v) is 16.6.